The predicted molar refractivity (Wildman–Crippen MR) is 101 cm³/mol. The average molecular weight is 339 g/mol. The summed E-state index contributed by atoms with van der Waals surface area (Å²) < 4.78 is 5.42. The summed E-state index contributed by atoms with van der Waals surface area (Å²) in [5.41, 5.74) is 3.42. The van der Waals surface area contributed by atoms with Gasteiger partial charge in [-0.05, 0) is 44.0 Å². The van der Waals surface area contributed by atoms with Crippen LogP contribution in [-0.4, -0.2) is 42.8 Å². The summed E-state index contributed by atoms with van der Waals surface area (Å²) in [4.78, 5) is 11.6. The summed E-state index contributed by atoms with van der Waals surface area (Å²) in [5, 5.41) is 6.65. The van der Waals surface area contributed by atoms with E-state index in [0.29, 0.717) is 11.9 Å². The molecule has 0 atom stereocenters. The SMILES string of the molecule is CCNc1nc(Nc2ccc(N3CCOCC3)cc2)cc(C2CC2)n1. The molecule has 0 bridgehead atoms. The van der Waals surface area contributed by atoms with E-state index in [-0.39, 0.29) is 0 Å². The van der Waals surface area contributed by atoms with Crippen LogP contribution in [0.15, 0.2) is 30.3 Å². The molecule has 1 saturated carbocycles. The molecule has 0 spiro atoms. The highest BCUT2D eigenvalue weighted by atomic mass is 16.5. The van der Waals surface area contributed by atoms with E-state index in [4.69, 9.17) is 4.74 Å². The number of ether oxygens (including phenoxy) is 1. The lowest BCUT2D eigenvalue weighted by Gasteiger charge is -2.28. The largest absolute Gasteiger partial charge is 0.378 e. The molecule has 4 rings (SSSR count). The van der Waals surface area contributed by atoms with Crippen LogP contribution in [0.1, 0.15) is 31.4 Å². The summed E-state index contributed by atoms with van der Waals surface area (Å²) >= 11 is 0. The molecule has 6 nitrogen and oxygen atoms in total. The second kappa shape index (κ2) is 7.27. The number of hydrogen-bond donors (Lipinski definition) is 2. The van der Waals surface area contributed by atoms with Crippen LogP contribution in [0.25, 0.3) is 0 Å². The molecule has 2 fully saturated rings. The van der Waals surface area contributed by atoms with Crippen LogP contribution in [0.2, 0.25) is 0 Å². The molecule has 1 aromatic carbocycles. The number of morpholine rings is 1. The molecule has 1 aliphatic heterocycles. The summed E-state index contributed by atoms with van der Waals surface area (Å²) in [6.07, 6.45) is 2.46. The van der Waals surface area contributed by atoms with Crippen molar-refractivity contribution < 1.29 is 4.74 Å². The van der Waals surface area contributed by atoms with Gasteiger partial charge in [0.05, 0.1) is 18.9 Å². The molecule has 2 aliphatic rings. The van der Waals surface area contributed by atoms with Crippen LogP contribution in [0.3, 0.4) is 0 Å². The zero-order valence-corrected chi connectivity index (χ0v) is 14.7. The minimum atomic E-state index is 0.602. The molecule has 2 heterocycles. The molecule has 0 radical (unpaired) electrons. The Balaban J connectivity index is 1.49. The smallest absolute Gasteiger partial charge is 0.224 e. The average Bonchev–Trinajstić information content (AvgIpc) is 3.48. The van der Waals surface area contributed by atoms with Gasteiger partial charge in [-0.25, -0.2) is 4.98 Å². The maximum atomic E-state index is 5.42. The molecule has 1 saturated heterocycles. The van der Waals surface area contributed by atoms with Crippen molar-refractivity contribution in [3.05, 3.63) is 36.0 Å². The van der Waals surface area contributed by atoms with E-state index in [1.165, 1.54) is 18.5 Å². The van der Waals surface area contributed by atoms with Gasteiger partial charge < -0.3 is 20.3 Å². The lowest BCUT2D eigenvalue weighted by atomic mass is 10.2. The first kappa shape index (κ1) is 16.1. The summed E-state index contributed by atoms with van der Waals surface area (Å²) in [7, 11) is 0. The number of nitrogens with zero attached hydrogens (tertiary/aromatic N) is 3. The number of rotatable bonds is 6. The summed E-state index contributed by atoms with van der Waals surface area (Å²) in [5.74, 6) is 2.16. The fourth-order valence-electron chi connectivity index (χ4n) is 3.08. The number of hydrogen-bond acceptors (Lipinski definition) is 6. The molecular formula is C19H25N5O. The summed E-state index contributed by atoms with van der Waals surface area (Å²) in [6, 6.07) is 10.6. The van der Waals surface area contributed by atoms with Crippen molar-refractivity contribution in [2.45, 2.75) is 25.7 Å². The Morgan fingerprint density at radius 2 is 1.88 bits per heavy atom. The van der Waals surface area contributed by atoms with Crippen LogP contribution in [0, 0.1) is 0 Å². The molecule has 1 aliphatic carbocycles. The molecule has 6 heteroatoms. The number of nitrogens with one attached hydrogen (secondary N) is 2. The van der Waals surface area contributed by atoms with Gasteiger partial charge in [0.15, 0.2) is 0 Å². The Morgan fingerprint density at radius 1 is 1.12 bits per heavy atom. The van der Waals surface area contributed by atoms with Gasteiger partial charge in [0.2, 0.25) is 5.95 Å². The molecule has 1 aromatic heterocycles. The normalized spacial score (nSPS) is 17.4. The Kier molecular flexibility index (Phi) is 4.70. The van der Waals surface area contributed by atoms with Crippen LogP contribution < -0.4 is 15.5 Å². The van der Waals surface area contributed by atoms with E-state index in [1.807, 2.05) is 0 Å². The lowest BCUT2D eigenvalue weighted by molar-refractivity contribution is 0.122. The van der Waals surface area contributed by atoms with E-state index in [9.17, 15) is 0 Å². The standard InChI is InChI=1S/C19H25N5O/c1-2-20-19-22-17(14-3-4-14)13-18(23-19)21-15-5-7-16(8-6-15)24-9-11-25-12-10-24/h5-8,13-14H,2-4,9-12H2,1H3,(H2,20,21,22,23). The van der Waals surface area contributed by atoms with Crippen molar-refractivity contribution in [3.63, 3.8) is 0 Å². The fraction of sp³-hybridized carbons (Fsp3) is 0.474. The maximum absolute atomic E-state index is 5.42. The van der Waals surface area contributed by atoms with Gasteiger partial charge in [-0.15, -0.1) is 0 Å². The van der Waals surface area contributed by atoms with Gasteiger partial charge in [0.25, 0.3) is 0 Å². The minimum Gasteiger partial charge on any atom is -0.378 e. The Morgan fingerprint density at radius 3 is 2.56 bits per heavy atom. The van der Waals surface area contributed by atoms with Gasteiger partial charge >= 0.3 is 0 Å². The second-order valence-corrected chi connectivity index (χ2v) is 6.58. The number of benzene rings is 1. The molecule has 132 valence electrons. The van der Waals surface area contributed by atoms with Crippen LogP contribution in [-0.2, 0) is 4.74 Å². The predicted octanol–water partition coefficient (Wildman–Crippen LogP) is 3.37. The van der Waals surface area contributed by atoms with E-state index in [2.05, 4.69) is 62.8 Å². The Labute approximate surface area is 148 Å². The highest BCUT2D eigenvalue weighted by molar-refractivity contribution is 5.62. The van der Waals surface area contributed by atoms with Gasteiger partial charge in [-0.2, -0.15) is 4.98 Å². The molecule has 2 aromatic rings. The quantitative estimate of drug-likeness (QED) is 0.841. The van der Waals surface area contributed by atoms with E-state index in [0.717, 1.165) is 50.0 Å². The zero-order valence-electron chi connectivity index (χ0n) is 14.7. The van der Waals surface area contributed by atoms with E-state index >= 15 is 0 Å². The van der Waals surface area contributed by atoms with Crippen molar-refractivity contribution in [2.75, 3.05) is 48.4 Å². The van der Waals surface area contributed by atoms with Crippen LogP contribution >= 0.6 is 0 Å². The molecular weight excluding hydrogens is 314 g/mol. The van der Waals surface area contributed by atoms with E-state index < -0.39 is 0 Å². The maximum Gasteiger partial charge on any atom is 0.224 e. The third kappa shape index (κ3) is 4.02. The zero-order chi connectivity index (χ0) is 17.1. The molecule has 25 heavy (non-hydrogen) atoms. The van der Waals surface area contributed by atoms with Crippen molar-refractivity contribution in [2.24, 2.45) is 0 Å². The fourth-order valence-corrected chi connectivity index (χ4v) is 3.08. The first-order valence-corrected chi connectivity index (χ1v) is 9.14. The third-order valence-electron chi connectivity index (χ3n) is 4.59. The second-order valence-electron chi connectivity index (χ2n) is 6.58. The number of aromatic nitrogens is 2. The molecule has 0 unspecified atom stereocenters. The highest BCUT2D eigenvalue weighted by Gasteiger charge is 2.26. The lowest BCUT2D eigenvalue weighted by Crippen LogP contribution is -2.36. The van der Waals surface area contributed by atoms with Crippen molar-refractivity contribution >= 4 is 23.1 Å². The first-order chi connectivity index (χ1) is 12.3. The van der Waals surface area contributed by atoms with Gasteiger partial charge in [0, 0.05) is 43.0 Å². The Hall–Kier alpha value is -2.34. The monoisotopic (exact) mass is 339 g/mol. The van der Waals surface area contributed by atoms with Crippen LogP contribution in [0.4, 0.5) is 23.1 Å². The first-order valence-electron chi connectivity index (χ1n) is 9.14. The van der Waals surface area contributed by atoms with Crippen molar-refractivity contribution in [3.8, 4) is 0 Å². The summed E-state index contributed by atoms with van der Waals surface area (Å²) in [6.45, 7) is 6.40. The topological polar surface area (TPSA) is 62.3 Å². The van der Waals surface area contributed by atoms with Crippen LogP contribution in [0.5, 0.6) is 0 Å². The Bertz CT molecular complexity index is 708. The number of anilines is 4. The molecule has 2 N–H and O–H groups in total. The van der Waals surface area contributed by atoms with Gasteiger partial charge in [-0.1, -0.05) is 0 Å². The third-order valence-corrected chi connectivity index (χ3v) is 4.59. The van der Waals surface area contributed by atoms with Crippen molar-refractivity contribution in [1.29, 1.82) is 0 Å². The molecule has 0 amide bonds. The van der Waals surface area contributed by atoms with Gasteiger partial charge in [0.1, 0.15) is 5.82 Å². The minimum absolute atomic E-state index is 0.602. The van der Waals surface area contributed by atoms with E-state index in [1.54, 1.807) is 0 Å². The van der Waals surface area contributed by atoms with Gasteiger partial charge in [-0.3, -0.25) is 0 Å². The highest BCUT2D eigenvalue weighted by Crippen LogP contribution is 2.40. The van der Waals surface area contributed by atoms with Crippen molar-refractivity contribution in [1.82, 2.24) is 9.97 Å².